The first-order valence-electron chi connectivity index (χ1n) is 16.2. The molecule has 4 aliphatic carbocycles. The topological polar surface area (TPSA) is 70.9 Å². The van der Waals surface area contributed by atoms with E-state index in [9.17, 15) is 0 Å². The Balaban J connectivity index is 1.85. The Kier molecular flexibility index (Phi) is 9.62. The Hall–Kier alpha value is -0.789. The Morgan fingerprint density at radius 1 is 0.881 bits per heavy atom. The molecule has 7 nitrogen and oxygen atoms in total. The van der Waals surface area contributed by atoms with Crippen LogP contribution in [0, 0.1) is 28.6 Å². The molecular weight excluding hydrogens is 577 g/mol. The van der Waals surface area contributed by atoms with E-state index in [0.717, 1.165) is 49.9 Å². The number of fused-ring (bicyclic) bond motifs is 5. The average molecular weight is 637 g/mol. The first-order valence-corrected chi connectivity index (χ1v) is 26.4. The summed E-state index contributed by atoms with van der Waals surface area (Å²) in [5.74, 6) is 1.58. The summed E-state index contributed by atoms with van der Waals surface area (Å²) in [4.78, 5) is 10.8. The average Bonchev–Trinajstić information content (AvgIpc) is 3.11. The smallest absolute Gasteiger partial charge is 0.185 e. The van der Waals surface area contributed by atoms with Gasteiger partial charge in [-0.2, -0.15) is 0 Å². The van der Waals surface area contributed by atoms with Crippen molar-refractivity contribution in [2.75, 3.05) is 20.8 Å². The van der Waals surface area contributed by atoms with E-state index in [0.29, 0.717) is 24.4 Å². The Bertz CT molecular complexity index is 1090. The van der Waals surface area contributed by atoms with Crippen molar-refractivity contribution in [1.29, 1.82) is 0 Å². The van der Waals surface area contributed by atoms with Gasteiger partial charge in [-0.05, 0) is 133 Å². The normalized spacial score (nSPS) is 38.5. The van der Waals surface area contributed by atoms with E-state index in [1.54, 1.807) is 19.8 Å². The van der Waals surface area contributed by atoms with E-state index in [-0.39, 0.29) is 16.9 Å². The highest BCUT2D eigenvalue weighted by molar-refractivity contribution is 6.70. The zero-order chi connectivity index (χ0) is 31.4. The lowest BCUT2D eigenvalue weighted by atomic mass is 9.45. The molecule has 4 aliphatic rings. The van der Waals surface area contributed by atoms with E-state index in [1.165, 1.54) is 6.42 Å². The van der Waals surface area contributed by atoms with Crippen molar-refractivity contribution >= 4 is 36.4 Å². The quantitative estimate of drug-likeness (QED) is 0.137. The van der Waals surface area contributed by atoms with E-state index < -0.39 is 30.6 Å². The SMILES string of the molecule is CO/N=C1\C=C2CC[C@@H]3[C@H]([C@@H](O[Si](C)(C)C)C[C@@]4(C)[C@H]3CC[C@]4(O[Si](C)(C)C)/C(CO[Si](C)(C)C)=N/OC)[C@@]2(C)CC1. The van der Waals surface area contributed by atoms with Gasteiger partial charge < -0.3 is 23.0 Å². The molecule has 0 radical (unpaired) electrons. The van der Waals surface area contributed by atoms with Crippen LogP contribution in [0.15, 0.2) is 22.0 Å². The summed E-state index contributed by atoms with van der Waals surface area (Å²) in [5, 5.41) is 9.10. The second kappa shape index (κ2) is 11.9. The van der Waals surface area contributed by atoms with E-state index in [2.05, 4.69) is 84.0 Å². The molecule has 240 valence electrons. The van der Waals surface area contributed by atoms with Gasteiger partial charge in [0.2, 0.25) is 0 Å². The highest BCUT2D eigenvalue weighted by atomic mass is 28.4. The molecule has 0 unspecified atom stereocenters. The molecule has 3 fully saturated rings. The molecule has 0 aromatic rings. The van der Waals surface area contributed by atoms with Gasteiger partial charge in [0.05, 0.1) is 12.3 Å². The van der Waals surface area contributed by atoms with Crippen molar-refractivity contribution in [3.8, 4) is 0 Å². The third-order valence-corrected chi connectivity index (χ3v) is 13.5. The van der Waals surface area contributed by atoms with Gasteiger partial charge in [-0.1, -0.05) is 29.7 Å². The zero-order valence-corrected chi connectivity index (χ0v) is 32.0. The summed E-state index contributed by atoms with van der Waals surface area (Å²) in [6.45, 7) is 26.2. The van der Waals surface area contributed by atoms with Gasteiger partial charge >= 0.3 is 0 Å². The molecule has 3 saturated carbocycles. The van der Waals surface area contributed by atoms with Gasteiger partial charge in [-0.3, -0.25) is 0 Å². The van der Waals surface area contributed by atoms with Gasteiger partial charge in [-0.15, -0.1) is 0 Å². The number of allylic oxidation sites excluding steroid dienone is 2. The van der Waals surface area contributed by atoms with Crippen LogP contribution in [0.3, 0.4) is 0 Å². The fraction of sp³-hybridized carbons (Fsp3) is 0.875. The molecule has 0 aromatic carbocycles. The summed E-state index contributed by atoms with van der Waals surface area (Å²) < 4.78 is 21.3. The van der Waals surface area contributed by atoms with Gasteiger partial charge in [0, 0.05) is 11.5 Å². The minimum atomic E-state index is -2.00. The summed E-state index contributed by atoms with van der Waals surface area (Å²) in [6, 6.07) is 0. The fourth-order valence-electron chi connectivity index (χ4n) is 9.24. The third kappa shape index (κ3) is 6.59. The van der Waals surface area contributed by atoms with Crippen LogP contribution >= 0.6 is 0 Å². The molecule has 0 N–H and O–H groups in total. The number of rotatable bonds is 10. The summed E-state index contributed by atoms with van der Waals surface area (Å²) in [6.07, 6.45) is 9.97. The molecule has 0 aliphatic heterocycles. The molecule has 0 bridgehead atoms. The lowest BCUT2D eigenvalue weighted by Gasteiger charge is -2.63. The molecule has 10 heteroatoms. The number of hydrogen-bond donors (Lipinski definition) is 0. The standard InChI is InChI=1S/C32H60N2O5Si3/c1-30-18-16-24(33-35-3)20-23(30)14-15-25-26-17-19-32(39-42(11,12)13,28(34-36-4)22-37-40(5,6)7)31(26,2)21-27(29(25)30)38-41(8,9)10/h20,25-27,29H,14-19,21-22H2,1-13H3/b33-24-,34-28+/t25-,26-,27-,29+,30-,31-,32-/m0/s1. The highest BCUT2D eigenvalue weighted by Gasteiger charge is 2.69. The second-order valence-electron chi connectivity index (χ2n) is 16.8. The zero-order valence-electron chi connectivity index (χ0n) is 29.0. The van der Waals surface area contributed by atoms with Crippen LogP contribution in [-0.2, 0) is 23.0 Å². The van der Waals surface area contributed by atoms with Crippen molar-refractivity contribution in [1.82, 2.24) is 0 Å². The predicted octanol–water partition coefficient (Wildman–Crippen LogP) is 8.23. The maximum Gasteiger partial charge on any atom is 0.185 e. The monoisotopic (exact) mass is 636 g/mol. The van der Waals surface area contributed by atoms with Crippen molar-refractivity contribution < 1.29 is 23.0 Å². The van der Waals surface area contributed by atoms with Crippen LogP contribution in [-0.4, -0.2) is 68.9 Å². The fourth-order valence-corrected chi connectivity index (χ4v) is 12.4. The second-order valence-corrected chi connectivity index (χ2v) is 30.2. The molecule has 0 heterocycles. The molecule has 0 spiro atoms. The molecule has 0 amide bonds. The minimum Gasteiger partial charge on any atom is -0.414 e. The van der Waals surface area contributed by atoms with Crippen LogP contribution in [0.5, 0.6) is 0 Å². The molecule has 4 rings (SSSR count). The lowest BCUT2D eigenvalue weighted by molar-refractivity contribution is -0.142. The van der Waals surface area contributed by atoms with Crippen LogP contribution in [0.25, 0.3) is 0 Å². The Morgan fingerprint density at radius 3 is 2.14 bits per heavy atom. The van der Waals surface area contributed by atoms with Crippen molar-refractivity contribution in [3.63, 3.8) is 0 Å². The van der Waals surface area contributed by atoms with E-state index >= 15 is 0 Å². The van der Waals surface area contributed by atoms with E-state index in [1.807, 2.05) is 0 Å². The van der Waals surface area contributed by atoms with Crippen LogP contribution in [0.2, 0.25) is 58.9 Å². The number of oxime groups is 2. The van der Waals surface area contributed by atoms with Gasteiger partial charge in [-0.25, -0.2) is 0 Å². The largest absolute Gasteiger partial charge is 0.414 e. The maximum absolute atomic E-state index is 7.45. The van der Waals surface area contributed by atoms with Crippen LogP contribution in [0.4, 0.5) is 0 Å². The van der Waals surface area contributed by atoms with Crippen molar-refractivity contribution in [2.24, 2.45) is 38.9 Å². The molecule has 7 atom stereocenters. The highest BCUT2D eigenvalue weighted by Crippen LogP contribution is 2.69. The molecule has 0 aromatic heterocycles. The summed E-state index contributed by atoms with van der Waals surface area (Å²) >= 11 is 0. The van der Waals surface area contributed by atoms with Crippen LogP contribution in [0.1, 0.15) is 58.8 Å². The molecular formula is C32H60N2O5Si3. The minimum absolute atomic E-state index is 0.108. The van der Waals surface area contributed by atoms with Gasteiger partial charge in [0.15, 0.2) is 25.0 Å². The van der Waals surface area contributed by atoms with Gasteiger partial charge in [0.1, 0.15) is 25.5 Å². The van der Waals surface area contributed by atoms with E-state index in [4.69, 9.17) is 28.1 Å². The number of nitrogens with zero attached hydrogens (tertiary/aromatic N) is 2. The Labute approximate surface area is 259 Å². The van der Waals surface area contributed by atoms with Gasteiger partial charge in [0.25, 0.3) is 0 Å². The first kappa shape index (κ1) is 34.1. The maximum atomic E-state index is 7.45. The van der Waals surface area contributed by atoms with Crippen LogP contribution < -0.4 is 0 Å². The molecule has 42 heavy (non-hydrogen) atoms. The lowest BCUT2D eigenvalue weighted by Crippen LogP contribution is -2.65. The predicted molar refractivity (Wildman–Crippen MR) is 181 cm³/mol. The van der Waals surface area contributed by atoms with Crippen molar-refractivity contribution in [3.05, 3.63) is 11.6 Å². The Morgan fingerprint density at radius 2 is 1.57 bits per heavy atom. The molecule has 0 saturated heterocycles. The van der Waals surface area contributed by atoms with Crippen molar-refractivity contribution in [2.45, 2.75) is 129 Å². The third-order valence-electron chi connectivity index (χ3n) is 10.5. The summed E-state index contributed by atoms with van der Waals surface area (Å²) in [7, 11) is -2.34. The summed E-state index contributed by atoms with van der Waals surface area (Å²) in [5.41, 5.74) is 3.03. The first-order chi connectivity index (χ1) is 19.3. The number of hydrogen-bond acceptors (Lipinski definition) is 7.